The molecule has 2 aliphatic heterocycles. The Morgan fingerprint density at radius 3 is 2.64 bits per heavy atom. The van der Waals surface area contributed by atoms with Crippen molar-refractivity contribution in [2.24, 2.45) is 11.8 Å². The van der Waals surface area contributed by atoms with Gasteiger partial charge in [0.1, 0.15) is 0 Å². The van der Waals surface area contributed by atoms with Crippen molar-refractivity contribution in [3.63, 3.8) is 0 Å². The number of furan rings is 1. The lowest BCUT2D eigenvalue weighted by molar-refractivity contribution is 0.0997. The predicted molar refractivity (Wildman–Crippen MR) is 135 cm³/mol. The standard InChI is InChI=1S/C26H29N5O5/c1-34-23-7-16(17(15-32)8-24(23)35-2)11-29-25-4-3-22(36-25)26(33)30-20-12-27-6-5-21(20)31-13-18-9-28-10-19(18)14-31/h3-8,12,15,18-19,28-29H,9-11,13-14H2,1-2H3,(H,30,33). The van der Waals surface area contributed by atoms with Gasteiger partial charge in [0, 0.05) is 50.6 Å². The third kappa shape index (κ3) is 4.72. The number of aromatic nitrogens is 1. The summed E-state index contributed by atoms with van der Waals surface area (Å²) < 4.78 is 16.3. The zero-order chi connectivity index (χ0) is 25.1. The lowest BCUT2D eigenvalue weighted by Gasteiger charge is -2.22. The number of ether oxygens (including phenoxy) is 2. The molecule has 5 rings (SSSR count). The molecule has 0 bridgehead atoms. The van der Waals surface area contributed by atoms with E-state index in [0.29, 0.717) is 52.6 Å². The number of aldehydes is 1. The molecule has 0 aliphatic carbocycles. The smallest absolute Gasteiger partial charge is 0.291 e. The minimum absolute atomic E-state index is 0.165. The van der Waals surface area contributed by atoms with Crippen LogP contribution >= 0.6 is 0 Å². The number of methoxy groups -OCH3 is 2. The van der Waals surface area contributed by atoms with Gasteiger partial charge < -0.3 is 34.7 Å². The number of rotatable bonds is 9. The Balaban J connectivity index is 1.25. The monoisotopic (exact) mass is 491 g/mol. The van der Waals surface area contributed by atoms with Crippen LogP contribution in [0.2, 0.25) is 0 Å². The molecule has 2 aromatic heterocycles. The van der Waals surface area contributed by atoms with Crippen LogP contribution in [0, 0.1) is 11.8 Å². The summed E-state index contributed by atoms with van der Waals surface area (Å²) in [5.74, 6) is 2.46. The zero-order valence-electron chi connectivity index (χ0n) is 20.2. The van der Waals surface area contributed by atoms with Crippen LogP contribution in [0.4, 0.5) is 17.3 Å². The van der Waals surface area contributed by atoms with E-state index in [-0.39, 0.29) is 11.7 Å². The summed E-state index contributed by atoms with van der Waals surface area (Å²) in [5.41, 5.74) is 2.79. The molecule has 0 spiro atoms. The number of anilines is 3. The number of nitrogens with one attached hydrogen (secondary N) is 3. The van der Waals surface area contributed by atoms with Gasteiger partial charge in [0.2, 0.25) is 0 Å². The number of carbonyl (C=O) groups is 2. The van der Waals surface area contributed by atoms with Crippen LogP contribution in [0.3, 0.4) is 0 Å². The summed E-state index contributed by atoms with van der Waals surface area (Å²) in [4.78, 5) is 31.0. The minimum atomic E-state index is -0.363. The lowest BCUT2D eigenvalue weighted by Crippen LogP contribution is -2.26. The lowest BCUT2D eigenvalue weighted by atomic mass is 10.0. The van der Waals surface area contributed by atoms with Crippen molar-refractivity contribution in [1.29, 1.82) is 0 Å². The van der Waals surface area contributed by atoms with E-state index in [0.717, 1.165) is 38.2 Å². The second-order valence-electron chi connectivity index (χ2n) is 8.97. The molecule has 10 nitrogen and oxygen atoms in total. The SMILES string of the molecule is COc1cc(C=O)c(CNc2ccc(C(=O)Nc3cnccc3N3CC4CNCC4C3)o2)cc1OC. The summed E-state index contributed by atoms with van der Waals surface area (Å²) in [5, 5.41) is 9.51. The van der Waals surface area contributed by atoms with Crippen LogP contribution in [0.25, 0.3) is 0 Å². The van der Waals surface area contributed by atoms with E-state index in [1.54, 1.807) is 36.7 Å². The van der Waals surface area contributed by atoms with Gasteiger partial charge in [0.05, 0.1) is 31.8 Å². The first kappa shape index (κ1) is 23.7. The fraction of sp³-hybridized carbons (Fsp3) is 0.346. The summed E-state index contributed by atoms with van der Waals surface area (Å²) in [6.07, 6.45) is 4.17. The summed E-state index contributed by atoms with van der Waals surface area (Å²) in [7, 11) is 3.05. The number of benzene rings is 1. The molecule has 2 saturated heterocycles. The van der Waals surface area contributed by atoms with E-state index in [2.05, 4.69) is 25.8 Å². The van der Waals surface area contributed by atoms with E-state index < -0.39 is 0 Å². The van der Waals surface area contributed by atoms with Crippen LogP contribution in [0.5, 0.6) is 11.5 Å². The highest BCUT2D eigenvalue weighted by molar-refractivity contribution is 6.04. The van der Waals surface area contributed by atoms with Crippen LogP contribution in [-0.4, -0.2) is 57.6 Å². The zero-order valence-corrected chi connectivity index (χ0v) is 20.2. The number of pyridine rings is 1. The van der Waals surface area contributed by atoms with Gasteiger partial charge in [0.15, 0.2) is 29.4 Å². The van der Waals surface area contributed by atoms with Gasteiger partial charge in [-0.1, -0.05) is 0 Å². The molecule has 0 radical (unpaired) electrons. The van der Waals surface area contributed by atoms with E-state index >= 15 is 0 Å². The van der Waals surface area contributed by atoms with Crippen molar-refractivity contribution in [2.45, 2.75) is 6.54 Å². The largest absolute Gasteiger partial charge is 0.493 e. The van der Waals surface area contributed by atoms with E-state index in [4.69, 9.17) is 13.9 Å². The Morgan fingerprint density at radius 2 is 1.92 bits per heavy atom. The third-order valence-corrected chi connectivity index (χ3v) is 6.83. The highest BCUT2D eigenvalue weighted by atomic mass is 16.5. The number of carbonyl (C=O) groups excluding carboxylic acids is 2. The normalized spacial score (nSPS) is 18.6. The van der Waals surface area contributed by atoms with Gasteiger partial charge in [-0.3, -0.25) is 14.6 Å². The molecule has 3 aromatic rings. The number of nitrogens with zero attached hydrogens (tertiary/aromatic N) is 2. The van der Waals surface area contributed by atoms with Gasteiger partial charge in [-0.15, -0.1) is 0 Å². The van der Waals surface area contributed by atoms with Crippen LogP contribution in [0.15, 0.2) is 47.1 Å². The molecule has 1 aromatic carbocycles. The quantitative estimate of drug-likeness (QED) is 0.388. The van der Waals surface area contributed by atoms with Gasteiger partial charge in [-0.05, 0) is 41.7 Å². The van der Waals surface area contributed by atoms with Gasteiger partial charge in [-0.25, -0.2) is 0 Å². The molecule has 0 saturated carbocycles. The summed E-state index contributed by atoms with van der Waals surface area (Å²) in [6.45, 7) is 4.28. The van der Waals surface area contributed by atoms with Gasteiger partial charge in [0.25, 0.3) is 5.91 Å². The van der Waals surface area contributed by atoms with E-state index in [1.165, 1.54) is 14.2 Å². The average Bonchev–Trinajstić information content (AvgIpc) is 3.64. The third-order valence-electron chi connectivity index (χ3n) is 6.83. The molecular weight excluding hydrogens is 462 g/mol. The van der Waals surface area contributed by atoms with Crippen molar-refractivity contribution >= 4 is 29.5 Å². The first-order valence-electron chi connectivity index (χ1n) is 11.8. The van der Waals surface area contributed by atoms with Gasteiger partial charge >= 0.3 is 0 Å². The Bertz CT molecular complexity index is 1250. The number of hydrogen-bond donors (Lipinski definition) is 3. The topological polar surface area (TPSA) is 118 Å². The first-order valence-corrected chi connectivity index (χ1v) is 11.8. The Labute approximate surface area is 209 Å². The van der Waals surface area contributed by atoms with Crippen LogP contribution in [0.1, 0.15) is 26.5 Å². The molecule has 188 valence electrons. The molecule has 2 unspecified atom stereocenters. The summed E-state index contributed by atoms with van der Waals surface area (Å²) >= 11 is 0. The second kappa shape index (κ2) is 10.3. The molecule has 36 heavy (non-hydrogen) atoms. The maximum absolute atomic E-state index is 13.0. The minimum Gasteiger partial charge on any atom is -0.493 e. The molecule has 3 N–H and O–H groups in total. The molecule has 4 heterocycles. The molecule has 2 fully saturated rings. The molecule has 2 atom stereocenters. The van der Waals surface area contributed by atoms with Crippen molar-refractivity contribution in [3.05, 3.63) is 59.6 Å². The van der Waals surface area contributed by atoms with Crippen LogP contribution < -0.4 is 30.3 Å². The van der Waals surface area contributed by atoms with E-state index in [1.807, 2.05) is 6.07 Å². The summed E-state index contributed by atoms with van der Waals surface area (Å²) in [6, 6.07) is 8.58. The van der Waals surface area contributed by atoms with Crippen molar-refractivity contribution in [3.8, 4) is 11.5 Å². The Kier molecular flexibility index (Phi) is 6.77. The highest BCUT2D eigenvalue weighted by Gasteiger charge is 2.36. The first-order chi connectivity index (χ1) is 17.6. The fourth-order valence-electron chi connectivity index (χ4n) is 4.93. The molecule has 2 aliphatic rings. The predicted octanol–water partition coefficient (Wildman–Crippen LogP) is 3.02. The highest BCUT2D eigenvalue weighted by Crippen LogP contribution is 2.34. The molecule has 1 amide bonds. The van der Waals surface area contributed by atoms with Gasteiger partial charge in [-0.2, -0.15) is 0 Å². The van der Waals surface area contributed by atoms with Crippen molar-refractivity contribution in [1.82, 2.24) is 10.3 Å². The molecule has 10 heteroatoms. The molecular formula is C26H29N5O5. The maximum atomic E-state index is 13.0. The number of hydrogen-bond acceptors (Lipinski definition) is 9. The number of fused-ring (bicyclic) bond motifs is 1. The van der Waals surface area contributed by atoms with Crippen molar-refractivity contribution in [2.75, 3.05) is 55.9 Å². The Hall–Kier alpha value is -4.05. The Morgan fingerprint density at radius 1 is 1.17 bits per heavy atom. The van der Waals surface area contributed by atoms with E-state index in [9.17, 15) is 9.59 Å². The van der Waals surface area contributed by atoms with Crippen LogP contribution in [-0.2, 0) is 6.54 Å². The fourth-order valence-corrected chi connectivity index (χ4v) is 4.93. The second-order valence-corrected chi connectivity index (χ2v) is 8.97. The number of amides is 1. The van der Waals surface area contributed by atoms with Crippen molar-refractivity contribution < 1.29 is 23.5 Å². The maximum Gasteiger partial charge on any atom is 0.291 e. The average molecular weight is 492 g/mol.